The Morgan fingerprint density at radius 1 is 1.15 bits per heavy atom. The molecule has 2 atom stereocenters. The van der Waals surface area contributed by atoms with Crippen LogP contribution in [-0.4, -0.2) is 84.9 Å². The van der Waals surface area contributed by atoms with Gasteiger partial charge in [-0.05, 0) is 45.7 Å². The largest absolute Gasteiger partial charge is 0.356 e. The summed E-state index contributed by atoms with van der Waals surface area (Å²) in [5, 5.41) is 11.5. The number of aryl methyl sites for hydroxylation is 2. The van der Waals surface area contributed by atoms with Crippen LogP contribution in [0.5, 0.6) is 0 Å². The molecular weight excluding hydrogens is 338 g/mol. The van der Waals surface area contributed by atoms with Crippen molar-refractivity contribution in [2.24, 2.45) is 18.0 Å². The molecule has 7 heteroatoms. The highest BCUT2D eigenvalue weighted by molar-refractivity contribution is 5.79. The Balaban J connectivity index is 1.76. The number of aliphatic imine (C=N–C) groups is 1. The van der Waals surface area contributed by atoms with Crippen molar-refractivity contribution < 1.29 is 0 Å². The van der Waals surface area contributed by atoms with Gasteiger partial charge in [0.05, 0.1) is 5.69 Å². The lowest BCUT2D eigenvalue weighted by Crippen LogP contribution is -2.48. The lowest BCUT2D eigenvalue weighted by molar-refractivity contribution is 0.139. The van der Waals surface area contributed by atoms with Crippen molar-refractivity contribution in [3.63, 3.8) is 0 Å². The molecule has 7 nitrogen and oxygen atoms in total. The normalized spacial score (nSPS) is 19.1. The van der Waals surface area contributed by atoms with E-state index in [0.717, 1.165) is 31.2 Å². The van der Waals surface area contributed by atoms with Gasteiger partial charge in [-0.25, -0.2) is 0 Å². The number of nitrogens with one attached hydrogen (secondary N) is 2. The van der Waals surface area contributed by atoms with Gasteiger partial charge in [0.1, 0.15) is 0 Å². The molecule has 1 aromatic heterocycles. The zero-order valence-corrected chi connectivity index (χ0v) is 18.3. The molecule has 1 aliphatic rings. The van der Waals surface area contributed by atoms with Crippen molar-refractivity contribution in [2.45, 2.75) is 40.2 Å². The standard InChI is InChI=1S/C20H39N7/c1-15(14-27-10-8-25(6)9-11-27)13-22-20(21-5)23-16(2)12-19-17(3)24-26(7)18(19)4/h15-16H,8-14H2,1-7H3,(H2,21,22,23). The maximum absolute atomic E-state index is 4.52. The average Bonchev–Trinajstić information content (AvgIpc) is 2.86. The van der Waals surface area contributed by atoms with E-state index in [1.165, 1.54) is 37.4 Å². The number of hydrogen-bond donors (Lipinski definition) is 2. The van der Waals surface area contributed by atoms with Crippen molar-refractivity contribution in [2.75, 3.05) is 53.4 Å². The van der Waals surface area contributed by atoms with Crippen LogP contribution >= 0.6 is 0 Å². The molecule has 2 rings (SSSR count). The highest BCUT2D eigenvalue weighted by Crippen LogP contribution is 2.14. The maximum Gasteiger partial charge on any atom is 0.191 e. The van der Waals surface area contributed by atoms with E-state index in [2.05, 4.69) is 65.3 Å². The first-order valence-electron chi connectivity index (χ1n) is 10.2. The van der Waals surface area contributed by atoms with Crippen LogP contribution in [0.15, 0.2) is 4.99 Å². The van der Waals surface area contributed by atoms with Crippen LogP contribution in [0.2, 0.25) is 0 Å². The Bertz CT molecular complexity index is 614. The summed E-state index contributed by atoms with van der Waals surface area (Å²) in [7, 11) is 6.05. The second-order valence-corrected chi connectivity index (χ2v) is 8.18. The Kier molecular flexibility index (Phi) is 8.10. The Hall–Kier alpha value is -1.60. The van der Waals surface area contributed by atoms with Gasteiger partial charge in [0.2, 0.25) is 0 Å². The number of rotatable bonds is 7. The molecule has 27 heavy (non-hydrogen) atoms. The minimum absolute atomic E-state index is 0.297. The molecular formula is C20H39N7. The molecule has 2 unspecified atom stereocenters. The van der Waals surface area contributed by atoms with Crippen molar-refractivity contribution >= 4 is 5.96 Å². The van der Waals surface area contributed by atoms with E-state index in [-0.39, 0.29) is 0 Å². The van der Waals surface area contributed by atoms with Crippen LogP contribution in [0.25, 0.3) is 0 Å². The van der Waals surface area contributed by atoms with Gasteiger partial charge in [0.15, 0.2) is 5.96 Å². The van der Waals surface area contributed by atoms with Gasteiger partial charge >= 0.3 is 0 Å². The first kappa shape index (κ1) is 21.7. The summed E-state index contributed by atoms with van der Waals surface area (Å²) in [5.41, 5.74) is 3.69. The lowest BCUT2D eigenvalue weighted by Gasteiger charge is -2.34. The molecule has 2 N–H and O–H groups in total. The molecule has 1 saturated heterocycles. The van der Waals surface area contributed by atoms with Crippen molar-refractivity contribution in [3.8, 4) is 0 Å². The summed E-state index contributed by atoms with van der Waals surface area (Å²) in [4.78, 5) is 9.37. The highest BCUT2D eigenvalue weighted by Gasteiger charge is 2.17. The molecule has 0 aromatic carbocycles. The van der Waals surface area contributed by atoms with E-state index in [1.807, 2.05) is 18.8 Å². The summed E-state index contributed by atoms with van der Waals surface area (Å²) >= 11 is 0. The van der Waals surface area contributed by atoms with Crippen molar-refractivity contribution in [1.29, 1.82) is 0 Å². The Labute approximate surface area is 165 Å². The third-order valence-electron chi connectivity index (χ3n) is 5.56. The molecule has 0 saturated carbocycles. The molecule has 0 aliphatic carbocycles. The predicted octanol–water partition coefficient (Wildman–Crippen LogP) is 1.02. The minimum Gasteiger partial charge on any atom is -0.356 e. The van der Waals surface area contributed by atoms with Gasteiger partial charge in [-0.3, -0.25) is 9.67 Å². The number of piperazine rings is 1. The number of nitrogens with zero attached hydrogens (tertiary/aromatic N) is 5. The van der Waals surface area contributed by atoms with Crippen LogP contribution in [0, 0.1) is 19.8 Å². The van der Waals surface area contributed by atoms with Crippen molar-refractivity contribution in [3.05, 3.63) is 17.0 Å². The lowest BCUT2D eigenvalue weighted by atomic mass is 10.1. The smallest absolute Gasteiger partial charge is 0.191 e. The first-order chi connectivity index (χ1) is 12.8. The monoisotopic (exact) mass is 377 g/mol. The van der Waals surface area contributed by atoms with Crippen LogP contribution in [0.4, 0.5) is 0 Å². The van der Waals surface area contributed by atoms with Crippen molar-refractivity contribution in [1.82, 2.24) is 30.2 Å². The third kappa shape index (κ3) is 6.50. The van der Waals surface area contributed by atoms with Crippen LogP contribution in [0.3, 0.4) is 0 Å². The molecule has 0 amide bonds. The van der Waals surface area contributed by atoms with E-state index in [4.69, 9.17) is 0 Å². The first-order valence-corrected chi connectivity index (χ1v) is 10.2. The Morgan fingerprint density at radius 3 is 2.37 bits per heavy atom. The maximum atomic E-state index is 4.52. The van der Waals surface area contributed by atoms with Gasteiger partial charge in [0, 0.05) is 65.1 Å². The van der Waals surface area contributed by atoms with Gasteiger partial charge in [-0.1, -0.05) is 6.92 Å². The fourth-order valence-corrected chi connectivity index (χ4v) is 3.70. The van der Waals surface area contributed by atoms with E-state index >= 15 is 0 Å². The van der Waals surface area contributed by atoms with Gasteiger partial charge < -0.3 is 20.4 Å². The van der Waals surface area contributed by atoms with E-state index in [1.54, 1.807) is 0 Å². The number of likely N-dealkylation sites (N-methyl/N-ethyl adjacent to an activating group) is 1. The average molecular weight is 378 g/mol. The highest BCUT2D eigenvalue weighted by atomic mass is 15.3. The molecule has 0 radical (unpaired) electrons. The molecule has 1 aromatic rings. The molecule has 1 fully saturated rings. The number of aromatic nitrogens is 2. The van der Waals surface area contributed by atoms with Crippen LogP contribution < -0.4 is 10.6 Å². The second-order valence-electron chi connectivity index (χ2n) is 8.18. The molecule has 0 spiro atoms. The molecule has 2 heterocycles. The summed E-state index contributed by atoms with van der Waals surface area (Å²) in [6.07, 6.45) is 0.947. The quantitative estimate of drug-likeness (QED) is 0.549. The SMILES string of the molecule is CN=C(NCC(C)CN1CCN(C)CC1)NC(C)Cc1c(C)nn(C)c1C. The fraction of sp³-hybridized carbons (Fsp3) is 0.800. The number of hydrogen-bond acceptors (Lipinski definition) is 4. The summed E-state index contributed by atoms with van der Waals surface area (Å²) < 4.78 is 1.96. The summed E-state index contributed by atoms with van der Waals surface area (Å²) in [5.74, 6) is 1.47. The zero-order valence-electron chi connectivity index (χ0n) is 18.3. The predicted molar refractivity (Wildman–Crippen MR) is 113 cm³/mol. The molecule has 0 bridgehead atoms. The third-order valence-corrected chi connectivity index (χ3v) is 5.56. The summed E-state index contributed by atoms with van der Waals surface area (Å²) in [6.45, 7) is 15.5. The van der Waals surface area contributed by atoms with Gasteiger partial charge in [-0.2, -0.15) is 5.10 Å². The van der Waals surface area contributed by atoms with Crippen LogP contribution in [-0.2, 0) is 13.5 Å². The van der Waals surface area contributed by atoms with E-state index in [0.29, 0.717) is 12.0 Å². The fourth-order valence-electron chi connectivity index (χ4n) is 3.70. The molecule has 154 valence electrons. The Morgan fingerprint density at radius 2 is 1.81 bits per heavy atom. The van der Waals surface area contributed by atoms with E-state index < -0.39 is 0 Å². The van der Waals surface area contributed by atoms with E-state index in [9.17, 15) is 0 Å². The topological polar surface area (TPSA) is 60.7 Å². The summed E-state index contributed by atoms with van der Waals surface area (Å²) in [6, 6.07) is 0.297. The minimum atomic E-state index is 0.297. The van der Waals surface area contributed by atoms with Gasteiger partial charge in [0.25, 0.3) is 0 Å². The van der Waals surface area contributed by atoms with Gasteiger partial charge in [-0.15, -0.1) is 0 Å². The molecule has 1 aliphatic heterocycles. The zero-order chi connectivity index (χ0) is 20.0. The number of guanidine groups is 1. The second kappa shape index (κ2) is 10.1. The van der Waals surface area contributed by atoms with Crippen LogP contribution in [0.1, 0.15) is 30.8 Å².